The molecule has 0 radical (unpaired) electrons. The van der Waals surface area contributed by atoms with Crippen LogP contribution in [-0.4, -0.2) is 74.7 Å². The minimum atomic E-state index is -3.62. The van der Waals surface area contributed by atoms with Crippen LogP contribution in [0.15, 0.2) is 24.3 Å². The van der Waals surface area contributed by atoms with Crippen LogP contribution < -0.4 is 10.1 Å². The first kappa shape index (κ1) is 23.4. The lowest BCUT2D eigenvalue weighted by Gasteiger charge is -2.40. The van der Waals surface area contributed by atoms with Gasteiger partial charge in [0.2, 0.25) is 5.91 Å². The highest BCUT2D eigenvalue weighted by molar-refractivity contribution is 7.86. The second-order valence-electron chi connectivity index (χ2n) is 8.47. The van der Waals surface area contributed by atoms with E-state index in [1.165, 1.54) is 8.61 Å². The molecule has 3 saturated heterocycles. The van der Waals surface area contributed by atoms with Gasteiger partial charge in [0.15, 0.2) is 5.79 Å². The van der Waals surface area contributed by atoms with Crippen LogP contribution in [0.2, 0.25) is 0 Å². The number of nitrogens with zero attached hydrogens (tertiary/aromatic N) is 2. The molecule has 3 heterocycles. The Labute approximate surface area is 190 Å². The van der Waals surface area contributed by atoms with Crippen molar-refractivity contribution in [3.05, 3.63) is 29.8 Å². The molecule has 0 saturated carbocycles. The highest BCUT2D eigenvalue weighted by Gasteiger charge is 2.44. The molecule has 1 N–H and O–H groups in total. The molecule has 9 nitrogen and oxygen atoms in total. The molecular formula is C22H33N3O6S. The lowest BCUT2D eigenvalue weighted by atomic mass is 9.98. The Bertz CT molecular complexity index is 893. The van der Waals surface area contributed by atoms with Crippen LogP contribution >= 0.6 is 0 Å². The van der Waals surface area contributed by atoms with Crippen LogP contribution in [0.3, 0.4) is 0 Å². The fraction of sp³-hybridized carbons (Fsp3) is 0.682. The molecule has 32 heavy (non-hydrogen) atoms. The normalized spacial score (nSPS) is 24.5. The predicted molar refractivity (Wildman–Crippen MR) is 118 cm³/mol. The standard InChI is InChI=1S/C22H33N3O6S/c1-2-29-20-8-4-3-6-18(20)16-23-21(26)19-7-5-11-25(17-19)32(27,28)24-12-9-22(10-13-24)30-14-15-31-22/h3-4,6,8,19H,2,5,7,9-17H2,1H3,(H,23,26)/t19-/m1/s1. The summed E-state index contributed by atoms with van der Waals surface area (Å²) in [5, 5.41) is 2.96. The van der Waals surface area contributed by atoms with E-state index in [1.807, 2.05) is 31.2 Å². The van der Waals surface area contributed by atoms with Gasteiger partial charge in [-0.3, -0.25) is 4.79 Å². The maximum atomic E-state index is 13.2. The molecule has 10 heteroatoms. The van der Waals surface area contributed by atoms with Gasteiger partial charge in [0.1, 0.15) is 5.75 Å². The number of nitrogens with one attached hydrogen (secondary N) is 1. The number of piperidine rings is 2. The zero-order chi connectivity index (χ0) is 22.6. The number of hydrogen-bond donors (Lipinski definition) is 1. The summed E-state index contributed by atoms with van der Waals surface area (Å²) in [6.45, 7) is 5.32. The molecule has 3 aliphatic heterocycles. The molecular weight excluding hydrogens is 434 g/mol. The summed E-state index contributed by atoms with van der Waals surface area (Å²) >= 11 is 0. The van der Waals surface area contributed by atoms with E-state index >= 15 is 0 Å². The Balaban J connectivity index is 1.33. The Morgan fingerprint density at radius 2 is 1.88 bits per heavy atom. The van der Waals surface area contributed by atoms with Crippen molar-refractivity contribution in [2.24, 2.45) is 5.92 Å². The molecule has 1 aromatic rings. The third kappa shape index (κ3) is 5.09. The van der Waals surface area contributed by atoms with E-state index in [-0.39, 0.29) is 18.4 Å². The summed E-state index contributed by atoms with van der Waals surface area (Å²) in [6.07, 6.45) is 2.40. The zero-order valence-corrected chi connectivity index (χ0v) is 19.4. The number of rotatable bonds is 7. The van der Waals surface area contributed by atoms with Crippen LogP contribution in [0.4, 0.5) is 0 Å². The molecule has 0 aromatic heterocycles. The third-order valence-electron chi connectivity index (χ3n) is 6.43. The van der Waals surface area contributed by atoms with Crippen molar-refractivity contribution in [1.29, 1.82) is 0 Å². The van der Waals surface area contributed by atoms with Crippen LogP contribution in [0, 0.1) is 5.92 Å². The minimum absolute atomic E-state index is 0.124. The van der Waals surface area contributed by atoms with Crippen molar-refractivity contribution < 1.29 is 27.4 Å². The van der Waals surface area contributed by atoms with Crippen molar-refractivity contribution in [2.45, 2.75) is 44.9 Å². The van der Waals surface area contributed by atoms with Crippen LogP contribution in [0.25, 0.3) is 0 Å². The summed E-state index contributed by atoms with van der Waals surface area (Å²) in [5.41, 5.74) is 0.904. The topological polar surface area (TPSA) is 97.4 Å². The Morgan fingerprint density at radius 1 is 1.16 bits per heavy atom. The molecule has 0 aliphatic carbocycles. The fourth-order valence-corrected chi connectivity index (χ4v) is 6.34. The Morgan fingerprint density at radius 3 is 2.59 bits per heavy atom. The summed E-state index contributed by atoms with van der Waals surface area (Å²) in [5.74, 6) is -0.355. The molecule has 1 spiro atoms. The molecule has 4 rings (SSSR count). The second kappa shape index (κ2) is 10.0. The maximum absolute atomic E-state index is 13.2. The maximum Gasteiger partial charge on any atom is 0.282 e. The number of hydrogen-bond acceptors (Lipinski definition) is 6. The van der Waals surface area contributed by atoms with Gasteiger partial charge in [-0.05, 0) is 25.8 Å². The molecule has 0 unspecified atom stereocenters. The van der Waals surface area contributed by atoms with Crippen LogP contribution in [0.1, 0.15) is 38.2 Å². The number of amides is 1. The number of benzene rings is 1. The summed E-state index contributed by atoms with van der Waals surface area (Å²) < 4.78 is 46.4. The van der Waals surface area contributed by atoms with Gasteiger partial charge < -0.3 is 19.5 Å². The number of carbonyl (C=O) groups excluding carboxylic acids is 1. The SMILES string of the molecule is CCOc1ccccc1CNC(=O)[C@@H]1CCCN(S(=O)(=O)N2CCC3(CC2)OCCO3)C1. The van der Waals surface area contributed by atoms with Gasteiger partial charge in [-0.1, -0.05) is 18.2 Å². The first-order valence-electron chi connectivity index (χ1n) is 11.4. The van der Waals surface area contributed by atoms with Gasteiger partial charge >= 0.3 is 0 Å². The van der Waals surface area contributed by atoms with Crippen molar-refractivity contribution in [1.82, 2.24) is 13.9 Å². The minimum Gasteiger partial charge on any atom is -0.494 e. The van der Waals surface area contributed by atoms with E-state index in [0.29, 0.717) is 71.7 Å². The first-order chi connectivity index (χ1) is 15.4. The van der Waals surface area contributed by atoms with Crippen molar-refractivity contribution in [2.75, 3.05) is 46.0 Å². The summed E-state index contributed by atoms with van der Waals surface area (Å²) in [7, 11) is -3.62. The van der Waals surface area contributed by atoms with Gasteiger partial charge in [-0.25, -0.2) is 0 Å². The smallest absolute Gasteiger partial charge is 0.282 e. The third-order valence-corrected chi connectivity index (χ3v) is 8.43. The van der Waals surface area contributed by atoms with E-state index in [9.17, 15) is 13.2 Å². The summed E-state index contributed by atoms with van der Waals surface area (Å²) in [6, 6.07) is 7.60. The lowest BCUT2D eigenvalue weighted by molar-refractivity contribution is -0.179. The molecule has 1 atom stereocenters. The van der Waals surface area contributed by atoms with Gasteiger partial charge in [-0.15, -0.1) is 0 Å². The van der Waals surface area contributed by atoms with E-state index in [2.05, 4.69) is 5.32 Å². The van der Waals surface area contributed by atoms with E-state index in [4.69, 9.17) is 14.2 Å². The second-order valence-corrected chi connectivity index (χ2v) is 10.4. The number of para-hydroxylation sites is 1. The molecule has 3 fully saturated rings. The average molecular weight is 468 g/mol. The summed E-state index contributed by atoms with van der Waals surface area (Å²) in [4.78, 5) is 12.8. The largest absolute Gasteiger partial charge is 0.494 e. The number of ether oxygens (including phenoxy) is 3. The van der Waals surface area contributed by atoms with Crippen LogP contribution in [-0.2, 0) is 31.0 Å². The highest BCUT2D eigenvalue weighted by Crippen LogP contribution is 2.33. The van der Waals surface area contributed by atoms with Gasteiger partial charge in [0, 0.05) is 51.1 Å². The van der Waals surface area contributed by atoms with E-state index in [1.54, 1.807) is 0 Å². The molecule has 178 valence electrons. The fourth-order valence-electron chi connectivity index (χ4n) is 4.65. The predicted octanol–water partition coefficient (Wildman–Crippen LogP) is 1.50. The van der Waals surface area contributed by atoms with Gasteiger partial charge in [0.25, 0.3) is 10.2 Å². The van der Waals surface area contributed by atoms with Gasteiger partial charge in [-0.2, -0.15) is 17.0 Å². The Kier molecular flexibility index (Phi) is 7.36. The molecule has 1 amide bonds. The highest BCUT2D eigenvalue weighted by atomic mass is 32.2. The lowest BCUT2D eigenvalue weighted by Crippen LogP contribution is -2.54. The first-order valence-corrected chi connectivity index (χ1v) is 12.8. The molecule has 1 aromatic carbocycles. The Hall–Kier alpha value is -1.72. The van der Waals surface area contributed by atoms with Gasteiger partial charge in [0.05, 0.1) is 25.7 Å². The van der Waals surface area contributed by atoms with Crippen LogP contribution in [0.5, 0.6) is 5.75 Å². The molecule has 0 bridgehead atoms. The monoisotopic (exact) mass is 467 g/mol. The van der Waals surface area contributed by atoms with Crippen molar-refractivity contribution in [3.8, 4) is 5.75 Å². The van der Waals surface area contributed by atoms with E-state index in [0.717, 1.165) is 11.3 Å². The van der Waals surface area contributed by atoms with E-state index < -0.39 is 16.0 Å². The quantitative estimate of drug-likeness (QED) is 0.653. The van der Waals surface area contributed by atoms with Crippen molar-refractivity contribution >= 4 is 16.1 Å². The molecule has 3 aliphatic rings. The average Bonchev–Trinajstić information content (AvgIpc) is 3.26. The van der Waals surface area contributed by atoms with Crippen molar-refractivity contribution in [3.63, 3.8) is 0 Å². The number of carbonyl (C=O) groups is 1. The zero-order valence-electron chi connectivity index (χ0n) is 18.6.